The third-order valence-corrected chi connectivity index (χ3v) is 4.18. The molecule has 6 heteroatoms. The van der Waals surface area contributed by atoms with E-state index in [9.17, 15) is 9.59 Å². The lowest BCUT2D eigenvalue weighted by atomic mass is 10.2. The molecule has 0 aromatic heterocycles. The molecule has 0 radical (unpaired) electrons. The quantitative estimate of drug-likeness (QED) is 0.893. The molecule has 0 saturated heterocycles. The van der Waals surface area contributed by atoms with Gasteiger partial charge in [0.05, 0.1) is 6.54 Å². The number of nitrogens with zero attached hydrogens (tertiary/aromatic N) is 1. The molecule has 2 aromatic carbocycles. The highest BCUT2D eigenvalue weighted by molar-refractivity contribution is 5.97. The summed E-state index contributed by atoms with van der Waals surface area (Å²) in [6.45, 7) is 2.42. The lowest BCUT2D eigenvalue weighted by Crippen LogP contribution is -2.49. The number of amides is 2. The highest BCUT2D eigenvalue weighted by atomic mass is 16.6. The van der Waals surface area contributed by atoms with Gasteiger partial charge in [-0.05, 0) is 31.2 Å². The summed E-state index contributed by atoms with van der Waals surface area (Å²) in [4.78, 5) is 26.3. The summed E-state index contributed by atoms with van der Waals surface area (Å²) in [6, 6.07) is 15.6. The van der Waals surface area contributed by atoms with Crippen LogP contribution in [0.4, 0.5) is 0 Å². The number of hydrogen-bond donors (Lipinski definition) is 1. The average molecular weight is 354 g/mol. The van der Waals surface area contributed by atoms with Crippen molar-refractivity contribution in [1.29, 1.82) is 0 Å². The standard InChI is InChI=1S/C20H22N2O4/c1-14(21-19(23)15-8-4-3-5-9-15)20(24)22(2)12-16-13-25-17-10-6-7-11-18(17)26-16/h3-11,14,16H,12-13H2,1-2H3,(H,21,23). The van der Waals surface area contributed by atoms with Gasteiger partial charge in [-0.25, -0.2) is 0 Å². The van der Waals surface area contributed by atoms with Crippen LogP contribution in [0.25, 0.3) is 0 Å². The number of benzene rings is 2. The second-order valence-electron chi connectivity index (χ2n) is 6.28. The van der Waals surface area contributed by atoms with E-state index in [1.807, 2.05) is 30.3 Å². The molecule has 136 valence electrons. The van der Waals surface area contributed by atoms with Crippen molar-refractivity contribution in [3.8, 4) is 11.5 Å². The van der Waals surface area contributed by atoms with Crippen molar-refractivity contribution >= 4 is 11.8 Å². The van der Waals surface area contributed by atoms with Crippen molar-refractivity contribution in [2.45, 2.75) is 19.1 Å². The maximum Gasteiger partial charge on any atom is 0.251 e. The van der Waals surface area contributed by atoms with E-state index in [0.29, 0.717) is 30.2 Å². The molecule has 0 saturated carbocycles. The molecule has 0 spiro atoms. The molecule has 2 unspecified atom stereocenters. The van der Waals surface area contributed by atoms with Gasteiger partial charge in [0.15, 0.2) is 17.6 Å². The highest BCUT2D eigenvalue weighted by Gasteiger charge is 2.26. The van der Waals surface area contributed by atoms with E-state index in [1.54, 1.807) is 43.1 Å². The first-order chi connectivity index (χ1) is 12.5. The molecule has 1 heterocycles. The molecular formula is C20H22N2O4. The summed E-state index contributed by atoms with van der Waals surface area (Å²) >= 11 is 0. The first kappa shape index (κ1) is 17.8. The molecule has 6 nitrogen and oxygen atoms in total. The Hall–Kier alpha value is -3.02. The van der Waals surface area contributed by atoms with Crippen LogP contribution in [0.2, 0.25) is 0 Å². The van der Waals surface area contributed by atoms with Gasteiger partial charge in [-0.1, -0.05) is 30.3 Å². The molecule has 1 aliphatic heterocycles. The van der Waals surface area contributed by atoms with Crippen molar-refractivity contribution in [2.24, 2.45) is 0 Å². The zero-order chi connectivity index (χ0) is 18.5. The van der Waals surface area contributed by atoms with Gasteiger partial charge in [-0.3, -0.25) is 9.59 Å². The molecule has 2 atom stereocenters. The van der Waals surface area contributed by atoms with Crippen LogP contribution in [0.15, 0.2) is 54.6 Å². The number of carbonyl (C=O) groups excluding carboxylic acids is 2. The molecule has 0 fully saturated rings. The average Bonchev–Trinajstić information content (AvgIpc) is 2.67. The van der Waals surface area contributed by atoms with Crippen LogP contribution < -0.4 is 14.8 Å². The Labute approximate surface area is 152 Å². The van der Waals surface area contributed by atoms with Gasteiger partial charge < -0.3 is 19.7 Å². The fourth-order valence-corrected chi connectivity index (χ4v) is 2.81. The number of para-hydroxylation sites is 2. The fraction of sp³-hybridized carbons (Fsp3) is 0.300. The maximum atomic E-state index is 12.5. The van der Waals surface area contributed by atoms with Crippen molar-refractivity contribution in [3.05, 3.63) is 60.2 Å². The number of hydrogen-bond acceptors (Lipinski definition) is 4. The van der Waals surface area contributed by atoms with Crippen LogP contribution >= 0.6 is 0 Å². The summed E-state index contributed by atoms with van der Waals surface area (Å²) in [7, 11) is 1.69. The van der Waals surface area contributed by atoms with E-state index in [0.717, 1.165) is 0 Å². The van der Waals surface area contributed by atoms with E-state index in [1.165, 1.54) is 0 Å². The Morgan fingerprint density at radius 1 is 1.12 bits per heavy atom. The van der Waals surface area contributed by atoms with Crippen molar-refractivity contribution in [3.63, 3.8) is 0 Å². The number of nitrogens with one attached hydrogen (secondary N) is 1. The Morgan fingerprint density at radius 2 is 1.77 bits per heavy atom. The van der Waals surface area contributed by atoms with Gasteiger partial charge in [-0.15, -0.1) is 0 Å². The molecule has 26 heavy (non-hydrogen) atoms. The molecule has 1 aliphatic rings. The third kappa shape index (κ3) is 4.14. The number of carbonyl (C=O) groups is 2. The van der Waals surface area contributed by atoms with Crippen LogP contribution in [-0.4, -0.2) is 49.1 Å². The lowest BCUT2D eigenvalue weighted by Gasteiger charge is -2.30. The van der Waals surface area contributed by atoms with Gasteiger partial charge in [0.2, 0.25) is 5.91 Å². The van der Waals surface area contributed by atoms with Crippen molar-refractivity contribution in [1.82, 2.24) is 10.2 Å². The summed E-state index contributed by atoms with van der Waals surface area (Å²) in [5.41, 5.74) is 0.524. The minimum Gasteiger partial charge on any atom is -0.486 e. The van der Waals surface area contributed by atoms with Crippen LogP contribution in [0.3, 0.4) is 0 Å². The Balaban J connectivity index is 1.53. The van der Waals surface area contributed by atoms with Crippen molar-refractivity contribution < 1.29 is 19.1 Å². The molecule has 3 rings (SSSR count). The first-order valence-corrected chi connectivity index (χ1v) is 8.54. The molecule has 0 aliphatic carbocycles. The number of rotatable bonds is 5. The minimum atomic E-state index is -0.635. The maximum absolute atomic E-state index is 12.5. The van der Waals surface area contributed by atoms with Gasteiger partial charge in [-0.2, -0.15) is 0 Å². The number of fused-ring (bicyclic) bond motifs is 1. The van der Waals surface area contributed by atoms with Crippen LogP contribution in [0.1, 0.15) is 17.3 Å². The second-order valence-corrected chi connectivity index (χ2v) is 6.28. The summed E-state index contributed by atoms with van der Waals surface area (Å²) in [5, 5.41) is 2.73. The minimum absolute atomic E-state index is 0.184. The smallest absolute Gasteiger partial charge is 0.251 e. The van der Waals surface area contributed by atoms with E-state index < -0.39 is 6.04 Å². The SMILES string of the molecule is CC(NC(=O)c1ccccc1)C(=O)N(C)CC1COc2ccccc2O1. The highest BCUT2D eigenvalue weighted by Crippen LogP contribution is 2.30. The summed E-state index contributed by atoms with van der Waals surface area (Å²) in [6.07, 6.45) is -0.254. The monoisotopic (exact) mass is 354 g/mol. The number of ether oxygens (including phenoxy) is 2. The largest absolute Gasteiger partial charge is 0.486 e. The summed E-state index contributed by atoms with van der Waals surface area (Å²) < 4.78 is 11.5. The van der Waals surface area contributed by atoms with Crippen LogP contribution in [0, 0.1) is 0 Å². The Bertz CT molecular complexity index is 778. The van der Waals surface area contributed by atoms with E-state index >= 15 is 0 Å². The number of likely N-dealkylation sites (N-methyl/N-ethyl adjacent to an activating group) is 1. The zero-order valence-corrected chi connectivity index (χ0v) is 14.8. The van der Waals surface area contributed by atoms with E-state index in [4.69, 9.17) is 9.47 Å². The van der Waals surface area contributed by atoms with Crippen molar-refractivity contribution in [2.75, 3.05) is 20.2 Å². The molecule has 0 bridgehead atoms. The third-order valence-electron chi connectivity index (χ3n) is 4.18. The topological polar surface area (TPSA) is 67.9 Å². The fourth-order valence-electron chi connectivity index (χ4n) is 2.81. The van der Waals surface area contributed by atoms with Crippen LogP contribution in [0.5, 0.6) is 11.5 Å². The van der Waals surface area contributed by atoms with Crippen LogP contribution in [-0.2, 0) is 4.79 Å². The van der Waals surface area contributed by atoms with Gasteiger partial charge in [0.1, 0.15) is 12.6 Å². The van der Waals surface area contributed by atoms with E-state index in [2.05, 4.69) is 5.32 Å². The molecule has 1 N–H and O–H groups in total. The second kappa shape index (κ2) is 7.91. The molecule has 2 amide bonds. The Kier molecular flexibility index (Phi) is 5.41. The predicted octanol–water partition coefficient (Wildman–Crippen LogP) is 2.10. The molecular weight excluding hydrogens is 332 g/mol. The van der Waals surface area contributed by atoms with Gasteiger partial charge in [0.25, 0.3) is 5.91 Å². The zero-order valence-electron chi connectivity index (χ0n) is 14.8. The predicted molar refractivity (Wildman–Crippen MR) is 97.4 cm³/mol. The molecule has 2 aromatic rings. The Morgan fingerprint density at radius 3 is 2.50 bits per heavy atom. The first-order valence-electron chi connectivity index (χ1n) is 8.54. The van der Waals surface area contributed by atoms with Gasteiger partial charge in [0, 0.05) is 12.6 Å². The van der Waals surface area contributed by atoms with E-state index in [-0.39, 0.29) is 17.9 Å². The van der Waals surface area contributed by atoms with Gasteiger partial charge >= 0.3 is 0 Å². The lowest BCUT2D eigenvalue weighted by molar-refractivity contribution is -0.132. The summed E-state index contributed by atoms with van der Waals surface area (Å²) in [5.74, 6) is 0.930. The normalized spacial score (nSPS) is 16.5.